The zero-order chi connectivity index (χ0) is 22.7. The predicted molar refractivity (Wildman–Crippen MR) is 128 cm³/mol. The number of carbonyl (C=O) groups is 1. The van der Waals surface area contributed by atoms with Gasteiger partial charge in [-0.15, -0.1) is 0 Å². The quantitative estimate of drug-likeness (QED) is 0.512. The van der Waals surface area contributed by atoms with Gasteiger partial charge in [-0.1, -0.05) is 0 Å². The van der Waals surface area contributed by atoms with Crippen LogP contribution in [0.15, 0.2) is 42.5 Å². The van der Waals surface area contributed by atoms with Crippen LogP contribution in [0.2, 0.25) is 0 Å². The van der Waals surface area contributed by atoms with Gasteiger partial charge in [0.15, 0.2) is 0 Å². The molecule has 0 bridgehead atoms. The van der Waals surface area contributed by atoms with E-state index in [0.29, 0.717) is 11.3 Å². The second-order valence-corrected chi connectivity index (χ2v) is 8.66. The SMILES string of the molecule is COC(=O)c1ccc(Oc2ccc3c(c2)c(C)c(C)n3CCCN2CCN(C)CC2)cc1. The molecule has 170 valence electrons. The molecular formula is C26H33N3O3. The monoisotopic (exact) mass is 435 g/mol. The summed E-state index contributed by atoms with van der Waals surface area (Å²) < 4.78 is 13.2. The van der Waals surface area contributed by atoms with E-state index in [1.807, 2.05) is 6.07 Å². The van der Waals surface area contributed by atoms with Crippen molar-refractivity contribution in [2.75, 3.05) is 46.9 Å². The lowest BCUT2D eigenvalue weighted by Crippen LogP contribution is -2.44. The minimum atomic E-state index is -0.349. The summed E-state index contributed by atoms with van der Waals surface area (Å²) in [6.45, 7) is 11.2. The van der Waals surface area contributed by atoms with E-state index < -0.39 is 0 Å². The van der Waals surface area contributed by atoms with E-state index in [-0.39, 0.29) is 5.97 Å². The molecule has 0 radical (unpaired) electrons. The summed E-state index contributed by atoms with van der Waals surface area (Å²) in [5.41, 5.74) is 4.38. The highest BCUT2D eigenvalue weighted by molar-refractivity contribution is 5.89. The number of esters is 1. The number of rotatable bonds is 7. The van der Waals surface area contributed by atoms with Gasteiger partial charge in [0, 0.05) is 49.3 Å². The van der Waals surface area contributed by atoms with Crippen molar-refractivity contribution >= 4 is 16.9 Å². The Morgan fingerprint density at radius 1 is 0.938 bits per heavy atom. The average Bonchev–Trinajstić information content (AvgIpc) is 3.05. The van der Waals surface area contributed by atoms with Crippen LogP contribution in [0.5, 0.6) is 11.5 Å². The molecule has 1 saturated heterocycles. The van der Waals surface area contributed by atoms with Crippen LogP contribution < -0.4 is 4.74 Å². The first-order valence-corrected chi connectivity index (χ1v) is 11.3. The van der Waals surface area contributed by atoms with Gasteiger partial charge in [-0.3, -0.25) is 0 Å². The molecule has 1 aliphatic heterocycles. The number of carbonyl (C=O) groups excluding carboxylic acids is 1. The summed E-state index contributed by atoms with van der Waals surface area (Å²) in [7, 11) is 3.58. The topological polar surface area (TPSA) is 46.9 Å². The number of fused-ring (bicyclic) bond motifs is 1. The Bertz CT molecular complexity index is 1080. The molecule has 0 atom stereocenters. The molecule has 1 aromatic heterocycles. The van der Waals surface area contributed by atoms with E-state index in [9.17, 15) is 4.79 Å². The first kappa shape index (κ1) is 22.4. The number of methoxy groups -OCH3 is 1. The third-order valence-electron chi connectivity index (χ3n) is 6.57. The van der Waals surface area contributed by atoms with E-state index in [4.69, 9.17) is 9.47 Å². The standard InChI is InChI=1S/C26H33N3O3/c1-19-20(2)29(13-5-12-28-16-14-27(3)15-17-28)25-11-10-23(18-24(19)25)32-22-8-6-21(7-9-22)26(30)31-4/h6-11,18H,5,12-17H2,1-4H3. The number of hydrogen-bond donors (Lipinski definition) is 0. The molecule has 3 aromatic rings. The maximum Gasteiger partial charge on any atom is 0.337 e. The van der Waals surface area contributed by atoms with Gasteiger partial charge >= 0.3 is 5.97 Å². The van der Waals surface area contributed by atoms with E-state index in [2.05, 4.69) is 47.4 Å². The summed E-state index contributed by atoms with van der Waals surface area (Å²) >= 11 is 0. The average molecular weight is 436 g/mol. The van der Waals surface area contributed by atoms with Crippen LogP contribution in [0.4, 0.5) is 0 Å². The van der Waals surface area contributed by atoms with Gasteiger partial charge in [0.25, 0.3) is 0 Å². The van der Waals surface area contributed by atoms with Crippen LogP contribution in [0.3, 0.4) is 0 Å². The lowest BCUT2D eigenvalue weighted by Gasteiger charge is -2.32. The van der Waals surface area contributed by atoms with E-state index in [0.717, 1.165) is 25.3 Å². The van der Waals surface area contributed by atoms with Crippen LogP contribution >= 0.6 is 0 Å². The van der Waals surface area contributed by atoms with Crippen molar-refractivity contribution < 1.29 is 14.3 Å². The van der Waals surface area contributed by atoms with E-state index in [1.165, 1.54) is 55.4 Å². The molecule has 0 spiro atoms. The van der Waals surface area contributed by atoms with Gasteiger partial charge in [0.1, 0.15) is 11.5 Å². The van der Waals surface area contributed by atoms with Crippen molar-refractivity contribution in [3.8, 4) is 11.5 Å². The van der Waals surface area contributed by atoms with Gasteiger partial charge in [-0.25, -0.2) is 4.79 Å². The van der Waals surface area contributed by atoms with Crippen molar-refractivity contribution in [2.24, 2.45) is 0 Å². The Kier molecular flexibility index (Phi) is 6.82. The minimum Gasteiger partial charge on any atom is -0.465 e. The number of likely N-dealkylation sites (N-methyl/N-ethyl adjacent to an activating group) is 1. The largest absolute Gasteiger partial charge is 0.465 e. The maximum atomic E-state index is 11.6. The molecule has 0 aliphatic carbocycles. The van der Waals surface area contributed by atoms with E-state index >= 15 is 0 Å². The number of aryl methyl sites for hydroxylation is 2. The second kappa shape index (κ2) is 9.76. The fourth-order valence-corrected chi connectivity index (χ4v) is 4.42. The van der Waals surface area contributed by atoms with Gasteiger partial charge in [0.2, 0.25) is 0 Å². The highest BCUT2D eigenvalue weighted by atomic mass is 16.5. The fourth-order valence-electron chi connectivity index (χ4n) is 4.42. The molecular weight excluding hydrogens is 402 g/mol. The first-order chi connectivity index (χ1) is 15.5. The Morgan fingerprint density at radius 3 is 2.31 bits per heavy atom. The Morgan fingerprint density at radius 2 is 1.62 bits per heavy atom. The fraction of sp³-hybridized carbons (Fsp3) is 0.423. The summed E-state index contributed by atoms with van der Waals surface area (Å²) in [6.07, 6.45) is 1.15. The minimum absolute atomic E-state index is 0.349. The summed E-state index contributed by atoms with van der Waals surface area (Å²) in [5, 5.41) is 1.23. The number of ether oxygens (including phenoxy) is 2. The number of benzene rings is 2. The molecule has 0 unspecified atom stereocenters. The van der Waals surface area contributed by atoms with Crippen molar-refractivity contribution in [3.05, 3.63) is 59.3 Å². The normalized spacial score (nSPS) is 15.2. The molecule has 2 heterocycles. The summed E-state index contributed by atoms with van der Waals surface area (Å²) in [4.78, 5) is 16.6. The number of hydrogen-bond acceptors (Lipinski definition) is 5. The van der Waals surface area contributed by atoms with Crippen molar-refractivity contribution in [1.82, 2.24) is 14.4 Å². The number of nitrogens with zero attached hydrogens (tertiary/aromatic N) is 3. The highest BCUT2D eigenvalue weighted by Crippen LogP contribution is 2.31. The lowest BCUT2D eigenvalue weighted by molar-refractivity contribution is 0.0600. The number of piperazine rings is 1. The van der Waals surface area contributed by atoms with Crippen molar-refractivity contribution in [2.45, 2.75) is 26.8 Å². The third kappa shape index (κ3) is 4.81. The van der Waals surface area contributed by atoms with Gasteiger partial charge in [0.05, 0.1) is 12.7 Å². The molecule has 6 heteroatoms. The first-order valence-electron chi connectivity index (χ1n) is 11.3. The molecule has 4 rings (SSSR count). The predicted octanol–water partition coefficient (Wildman–Crippen LogP) is 4.47. The number of aromatic nitrogens is 1. The summed E-state index contributed by atoms with van der Waals surface area (Å²) in [5.74, 6) is 1.14. The van der Waals surface area contributed by atoms with Crippen LogP contribution in [-0.2, 0) is 11.3 Å². The van der Waals surface area contributed by atoms with Crippen LogP contribution in [-0.4, -0.2) is 67.2 Å². The lowest BCUT2D eigenvalue weighted by atomic mass is 10.1. The Labute approximate surface area is 190 Å². The van der Waals surface area contributed by atoms with Crippen molar-refractivity contribution in [1.29, 1.82) is 0 Å². The van der Waals surface area contributed by atoms with Gasteiger partial charge in [-0.2, -0.15) is 0 Å². The molecule has 0 amide bonds. The second-order valence-electron chi connectivity index (χ2n) is 8.66. The molecule has 0 N–H and O–H groups in total. The summed E-state index contributed by atoms with van der Waals surface area (Å²) in [6, 6.07) is 13.3. The zero-order valence-electron chi connectivity index (χ0n) is 19.6. The smallest absolute Gasteiger partial charge is 0.337 e. The van der Waals surface area contributed by atoms with Crippen LogP contribution in [0.1, 0.15) is 28.0 Å². The molecule has 6 nitrogen and oxygen atoms in total. The molecule has 32 heavy (non-hydrogen) atoms. The zero-order valence-corrected chi connectivity index (χ0v) is 19.6. The Hall–Kier alpha value is -2.83. The molecule has 0 saturated carbocycles. The maximum absolute atomic E-state index is 11.6. The van der Waals surface area contributed by atoms with Crippen LogP contribution in [0.25, 0.3) is 10.9 Å². The Balaban J connectivity index is 1.45. The van der Waals surface area contributed by atoms with Gasteiger partial charge < -0.3 is 23.8 Å². The van der Waals surface area contributed by atoms with E-state index in [1.54, 1.807) is 24.3 Å². The van der Waals surface area contributed by atoms with Crippen molar-refractivity contribution in [3.63, 3.8) is 0 Å². The van der Waals surface area contributed by atoms with Gasteiger partial charge in [-0.05, 0) is 81.9 Å². The highest BCUT2D eigenvalue weighted by Gasteiger charge is 2.15. The van der Waals surface area contributed by atoms with Crippen LogP contribution in [0, 0.1) is 13.8 Å². The molecule has 1 fully saturated rings. The molecule has 1 aliphatic rings. The third-order valence-corrected chi connectivity index (χ3v) is 6.57. The molecule has 2 aromatic carbocycles.